The predicted octanol–water partition coefficient (Wildman–Crippen LogP) is 4.01. The van der Waals surface area contributed by atoms with Gasteiger partial charge in [-0.3, -0.25) is 9.36 Å². The molecule has 1 heterocycles. The number of fused-ring (bicyclic) bond motifs is 1. The molecule has 108 valence electrons. The van der Waals surface area contributed by atoms with Crippen molar-refractivity contribution in [1.82, 2.24) is 9.55 Å². The summed E-state index contributed by atoms with van der Waals surface area (Å²) in [5.74, 6) is 1.67. The molecule has 0 spiro atoms. The van der Waals surface area contributed by atoms with Crippen molar-refractivity contribution in [1.29, 1.82) is 0 Å². The first-order valence-corrected chi connectivity index (χ1v) is 8.53. The summed E-state index contributed by atoms with van der Waals surface area (Å²) in [5, 5.41) is 0.369. The third-order valence-corrected chi connectivity index (χ3v) is 4.21. The topological polar surface area (TPSA) is 34.9 Å². The van der Waals surface area contributed by atoms with Crippen molar-refractivity contribution in [3.8, 4) is 0 Å². The minimum Gasteiger partial charge on any atom is -0.292 e. The van der Waals surface area contributed by atoms with Crippen LogP contribution in [-0.2, 0) is 0 Å². The van der Waals surface area contributed by atoms with Gasteiger partial charge in [0.2, 0.25) is 0 Å². The second-order valence-corrected chi connectivity index (χ2v) is 6.55. The third-order valence-electron chi connectivity index (χ3n) is 3.37. The summed E-state index contributed by atoms with van der Waals surface area (Å²) in [4.78, 5) is 17.3. The van der Waals surface area contributed by atoms with E-state index in [1.54, 1.807) is 16.3 Å². The Hall–Kier alpha value is -1.00. The molecule has 0 bridgehead atoms. The van der Waals surface area contributed by atoms with Crippen LogP contribution < -0.4 is 5.56 Å². The highest BCUT2D eigenvalue weighted by molar-refractivity contribution is 7.98. The van der Waals surface area contributed by atoms with E-state index in [2.05, 4.69) is 18.2 Å². The number of aromatic nitrogens is 2. The van der Waals surface area contributed by atoms with Crippen LogP contribution >= 0.6 is 23.4 Å². The number of hydrogen-bond acceptors (Lipinski definition) is 3. The van der Waals surface area contributed by atoms with E-state index in [0.717, 1.165) is 12.2 Å². The highest BCUT2D eigenvalue weighted by Crippen LogP contribution is 2.23. The van der Waals surface area contributed by atoms with E-state index in [4.69, 9.17) is 11.6 Å². The normalized spacial score (nSPS) is 14.4. The monoisotopic (exact) mass is 310 g/mol. The smallest absolute Gasteiger partial charge is 0.261 e. The molecule has 2 aromatic rings. The summed E-state index contributed by atoms with van der Waals surface area (Å²) in [7, 11) is 0. The lowest BCUT2D eigenvalue weighted by Gasteiger charge is -2.20. The molecule has 0 N–H and O–H groups in total. The maximum Gasteiger partial charge on any atom is 0.261 e. The van der Waals surface area contributed by atoms with Crippen molar-refractivity contribution in [2.75, 3.05) is 12.0 Å². The van der Waals surface area contributed by atoms with E-state index in [-0.39, 0.29) is 17.0 Å². The molecule has 2 atom stereocenters. The maximum atomic E-state index is 12.7. The number of rotatable bonds is 5. The van der Waals surface area contributed by atoms with Gasteiger partial charge in [-0.1, -0.05) is 12.1 Å². The van der Waals surface area contributed by atoms with Crippen molar-refractivity contribution >= 4 is 34.3 Å². The van der Waals surface area contributed by atoms with Crippen molar-refractivity contribution in [3.63, 3.8) is 0 Å². The molecule has 0 amide bonds. The summed E-state index contributed by atoms with van der Waals surface area (Å²) >= 11 is 8.01. The zero-order chi connectivity index (χ0) is 14.7. The summed E-state index contributed by atoms with van der Waals surface area (Å²) in [5.41, 5.74) is 0.722. The van der Waals surface area contributed by atoms with Crippen molar-refractivity contribution in [2.45, 2.75) is 31.7 Å². The van der Waals surface area contributed by atoms with Crippen molar-refractivity contribution < 1.29 is 0 Å². The van der Waals surface area contributed by atoms with Gasteiger partial charge in [-0.25, -0.2) is 4.98 Å². The first-order chi connectivity index (χ1) is 9.56. The Balaban J connectivity index is 2.63. The Kier molecular flexibility index (Phi) is 5.11. The molecule has 0 fully saturated rings. The quantitative estimate of drug-likeness (QED) is 0.783. The summed E-state index contributed by atoms with van der Waals surface area (Å²) in [6.07, 6.45) is 3.00. The van der Waals surface area contributed by atoms with Crippen LogP contribution in [0, 0.1) is 0 Å². The number of benzene rings is 1. The molecular weight excluding hydrogens is 292 g/mol. The van der Waals surface area contributed by atoms with Crippen LogP contribution in [0.1, 0.15) is 37.5 Å². The van der Waals surface area contributed by atoms with Gasteiger partial charge in [0.25, 0.3) is 5.56 Å². The summed E-state index contributed by atoms with van der Waals surface area (Å²) in [6.45, 7) is 3.91. The average Bonchev–Trinajstić information content (AvgIpc) is 2.44. The zero-order valence-electron chi connectivity index (χ0n) is 12.0. The van der Waals surface area contributed by atoms with E-state index in [0.29, 0.717) is 16.7 Å². The van der Waals surface area contributed by atoms with Gasteiger partial charge in [-0.2, -0.15) is 11.8 Å². The standard InChI is InChI=1S/C15H19ClN2OS/c1-10(8-9-20-3)18-14(11(2)16)17-13-7-5-4-6-12(13)15(18)19/h4-7,10-11H,8-9H2,1-3H3. The Bertz CT molecular complexity index is 654. The fourth-order valence-electron chi connectivity index (χ4n) is 2.29. The molecule has 0 aliphatic heterocycles. The first kappa shape index (κ1) is 15.4. The minimum absolute atomic E-state index is 0.00621. The Morgan fingerprint density at radius 2 is 2.05 bits per heavy atom. The number of nitrogens with zero attached hydrogens (tertiary/aromatic N) is 2. The predicted molar refractivity (Wildman–Crippen MR) is 88.0 cm³/mol. The van der Waals surface area contributed by atoms with Crippen molar-refractivity contribution in [3.05, 3.63) is 40.4 Å². The lowest BCUT2D eigenvalue weighted by atomic mass is 10.2. The molecule has 1 aromatic carbocycles. The Morgan fingerprint density at radius 1 is 1.35 bits per heavy atom. The van der Waals surface area contributed by atoms with Gasteiger partial charge in [-0.15, -0.1) is 11.6 Å². The SMILES string of the molecule is CSCCC(C)n1c(C(C)Cl)nc2ccccc2c1=O. The van der Waals surface area contributed by atoms with Crippen molar-refractivity contribution in [2.24, 2.45) is 0 Å². The van der Waals surface area contributed by atoms with Gasteiger partial charge >= 0.3 is 0 Å². The number of para-hydroxylation sites is 1. The van der Waals surface area contributed by atoms with Gasteiger partial charge in [-0.05, 0) is 44.4 Å². The molecule has 20 heavy (non-hydrogen) atoms. The van der Waals surface area contributed by atoms with Crippen LogP contribution in [0.4, 0.5) is 0 Å². The summed E-state index contributed by atoms with van der Waals surface area (Å²) in [6, 6.07) is 7.54. The van der Waals surface area contributed by atoms with Gasteiger partial charge in [0.1, 0.15) is 5.82 Å². The molecule has 0 aliphatic carbocycles. The molecule has 2 rings (SSSR count). The van der Waals surface area contributed by atoms with Crippen LogP contribution in [0.25, 0.3) is 10.9 Å². The van der Waals surface area contributed by atoms with Crippen LogP contribution in [0.2, 0.25) is 0 Å². The highest BCUT2D eigenvalue weighted by Gasteiger charge is 2.18. The third kappa shape index (κ3) is 3.01. The summed E-state index contributed by atoms with van der Waals surface area (Å²) < 4.78 is 1.76. The maximum absolute atomic E-state index is 12.7. The first-order valence-electron chi connectivity index (χ1n) is 6.70. The van der Waals surface area contributed by atoms with Crippen LogP contribution in [0.15, 0.2) is 29.1 Å². The van der Waals surface area contributed by atoms with Gasteiger partial charge in [0, 0.05) is 6.04 Å². The lowest BCUT2D eigenvalue weighted by Crippen LogP contribution is -2.28. The average molecular weight is 311 g/mol. The molecular formula is C15H19ClN2OS. The van der Waals surface area contributed by atoms with E-state index in [9.17, 15) is 4.79 Å². The van der Waals surface area contributed by atoms with Crippen LogP contribution in [0.5, 0.6) is 0 Å². The Labute approximate surface area is 128 Å². The van der Waals surface area contributed by atoms with Crippen LogP contribution in [-0.4, -0.2) is 21.6 Å². The Morgan fingerprint density at radius 3 is 2.70 bits per heavy atom. The van der Waals surface area contributed by atoms with E-state index < -0.39 is 0 Å². The van der Waals surface area contributed by atoms with Gasteiger partial charge in [0.15, 0.2) is 0 Å². The highest BCUT2D eigenvalue weighted by atomic mass is 35.5. The van der Waals surface area contributed by atoms with Crippen LogP contribution in [0.3, 0.4) is 0 Å². The number of alkyl halides is 1. The fraction of sp³-hybridized carbons (Fsp3) is 0.467. The van der Waals surface area contributed by atoms with E-state index in [1.807, 2.05) is 31.2 Å². The number of halogens is 1. The second kappa shape index (κ2) is 6.64. The van der Waals surface area contributed by atoms with E-state index in [1.165, 1.54) is 0 Å². The molecule has 0 radical (unpaired) electrons. The van der Waals surface area contributed by atoms with Gasteiger partial charge in [0.05, 0.1) is 16.3 Å². The molecule has 1 aromatic heterocycles. The van der Waals surface area contributed by atoms with E-state index >= 15 is 0 Å². The minimum atomic E-state index is -0.288. The molecule has 5 heteroatoms. The zero-order valence-corrected chi connectivity index (χ0v) is 13.5. The molecule has 0 aliphatic rings. The number of thioether (sulfide) groups is 1. The molecule has 0 saturated carbocycles. The van der Waals surface area contributed by atoms with Gasteiger partial charge < -0.3 is 0 Å². The largest absolute Gasteiger partial charge is 0.292 e. The fourth-order valence-corrected chi connectivity index (χ4v) is 3.02. The molecule has 0 saturated heterocycles. The second-order valence-electron chi connectivity index (χ2n) is 4.91. The lowest BCUT2D eigenvalue weighted by molar-refractivity contribution is 0.490. The molecule has 2 unspecified atom stereocenters. The molecule has 3 nitrogen and oxygen atoms in total. The number of hydrogen-bond donors (Lipinski definition) is 0.